The molecule has 0 aromatic heterocycles. The van der Waals surface area contributed by atoms with Crippen molar-refractivity contribution in [3.8, 4) is 0 Å². The molecule has 86 valence electrons. The first-order chi connectivity index (χ1) is 7.59. The molecule has 1 fully saturated rings. The topological polar surface area (TPSA) is 46.3 Å². The average molecular weight is 218 g/mol. The van der Waals surface area contributed by atoms with Crippen LogP contribution in [0.3, 0.4) is 0 Å². The van der Waals surface area contributed by atoms with Crippen LogP contribution in [0.25, 0.3) is 0 Å². The predicted octanol–water partition coefficient (Wildman–Crippen LogP) is 2.46. The van der Waals surface area contributed by atoms with E-state index >= 15 is 0 Å². The number of nitrogen functional groups attached to an aromatic ring is 1. The zero-order valence-corrected chi connectivity index (χ0v) is 9.86. The maximum absolute atomic E-state index is 11.3. The van der Waals surface area contributed by atoms with Gasteiger partial charge < -0.3 is 10.6 Å². The molecule has 0 atom stereocenters. The van der Waals surface area contributed by atoms with Gasteiger partial charge in [-0.2, -0.15) is 0 Å². The quantitative estimate of drug-likeness (QED) is 0.626. The number of carbonyl (C=O) groups excluding carboxylic acids is 1. The van der Waals surface area contributed by atoms with Gasteiger partial charge in [-0.05, 0) is 44.4 Å². The Hall–Kier alpha value is -1.51. The Balaban J connectivity index is 2.22. The van der Waals surface area contributed by atoms with Crippen molar-refractivity contribution in [2.45, 2.75) is 32.2 Å². The molecule has 1 aromatic rings. The standard InChI is InChI=1S/C13H18N2O/c1-9(16)12-7-6-11(8-13(12)14)15(2)10-4-3-5-10/h6-8,10H,3-5,14H2,1-2H3. The van der Waals surface area contributed by atoms with Crippen molar-refractivity contribution in [1.82, 2.24) is 0 Å². The fourth-order valence-electron chi connectivity index (χ4n) is 2.07. The molecule has 0 saturated heterocycles. The molecule has 0 amide bonds. The Bertz CT molecular complexity index is 410. The Morgan fingerprint density at radius 2 is 2.12 bits per heavy atom. The normalized spacial score (nSPS) is 15.6. The molecular weight excluding hydrogens is 200 g/mol. The van der Waals surface area contributed by atoms with Crippen LogP contribution in [-0.4, -0.2) is 18.9 Å². The number of rotatable bonds is 3. The van der Waals surface area contributed by atoms with E-state index in [9.17, 15) is 4.79 Å². The monoisotopic (exact) mass is 218 g/mol. The molecule has 3 heteroatoms. The van der Waals surface area contributed by atoms with Crippen LogP contribution in [0.2, 0.25) is 0 Å². The number of hydrogen-bond acceptors (Lipinski definition) is 3. The Morgan fingerprint density at radius 3 is 2.56 bits per heavy atom. The van der Waals surface area contributed by atoms with Gasteiger partial charge in [-0.3, -0.25) is 4.79 Å². The van der Waals surface area contributed by atoms with Gasteiger partial charge in [0.1, 0.15) is 0 Å². The largest absolute Gasteiger partial charge is 0.398 e. The van der Waals surface area contributed by atoms with E-state index in [-0.39, 0.29) is 5.78 Å². The maximum atomic E-state index is 11.3. The number of ketones is 1. The highest BCUT2D eigenvalue weighted by Gasteiger charge is 2.22. The van der Waals surface area contributed by atoms with E-state index < -0.39 is 0 Å². The maximum Gasteiger partial charge on any atom is 0.161 e. The molecule has 2 N–H and O–H groups in total. The van der Waals surface area contributed by atoms with E-state index in [1.54, 1.807) is 6.92 Å². The molecule has 1 aliphatic rings. The number of Topliss-reactive ketones (excluding diaryl/α,β-unsaturated/α-hetero) is 1. The Kier molecular flexibility index (Phi) is 2.86. The first-order valence-corrected chi connectivity index (χ1v) is 5.73. The summed E-state index contributed by atoms with van der Waals surface area (Å²) in [6.45, 7) is 1.54. The zero-order valence-electron chi connectivity index (χ0n) is 9.86. The van der Waals surface area contributed by atoms with Crippen LogP contribution in [0.15, 0.2) is 18.2 Å². The first-order valence-electron chi connectivity index (χ1n) is 5.73. The zero-order chi connectivity index (χ0) is 11.7. The summed E-state index contributed by atoms with van der Waals surface area (Å²) in [5, 5.41) is 0. The molecular formula is C13H18N2O. The van der Waals surface area contributed by atoms with Gasteiger partial charge in [-0.25, -0.2) is 0 Å². The third kappa shape index (κ3) is 1.90. The number of hydrogen-bond donors (Lipinski definition) is 1. The molecule has 0 unspecified atom stereocenters. The van der Waals surface area contributed by atoms with E-state index in [0.29, 0.717) is 17.3 Å². The molecule has 1 aromatic carbocycles. The summed E-state index contributed by atoms with van der Waals surface area (Å²) in [6, 6.07) is 6.34. The van der Waals surface area contributed by atoms with Crippen LogP contribution >= 0.6 is 0 Å². The van der Waals surface area contributed by atoms with Crippen molar-refractivity contribution in [2.75, 3.05) is 17.7 Å². The summed E-state index contributed by atoms with van der Waals surface area (Å²) >= 11 is 0. The van der Waals surface area contributed by atoms with Gasteiger partial charge in [0.25, 0.3) is 0 Å². The number of carbonyl (C=O) groups is 1. The molecule has 0 radical (unpaired) electrons. The lowest BCUT2D eigenvalue weighted by Crippen LogP contribution is -2.37. The second-order valence-corrected chi connectivity index (χ2v) is 4.52. The molecule has 1 saturated carbocycles. The van der Waals surface area contributed by atoms with Crippen LogP contribution in [0.4, 0.5) is 11.4 Å². The van der Waals surface area contributed by atoms with Gasteiger partial charge in [0.15, 0.2) is 5.78 Å². The van der Waals surface area contributed by atoms with Crippen LogP contribution in [0, 0.1) is 0 Å². The minimum absolute atomic E-state index is 0.0235. The van der Waals surface area contributed by atoms with Crippen molar-refractivity contribution in [1.29, 1.82) is 0 Å². The minimum Gasteiger partial charge on any atom is -0.398 e. The molecule has 2 rings (SSSR count). The molecule has 0 bridgehead atoms. The van der Waals surface area contributed by atoms with E-state index in [1.165, 1.54) is 19.3 Å². The molecule has 0 spiro atoms. The number of benzene rings is 1. The van der Waals surface area contributed by atoms with Gasteiger partial charge in [0.05, 0.1) is 0 Å². The van der Waals surface area contributed by atoms with Gasteiger partial charge in [-0.1, -0.05) is 0 Å². The highest BCUT2D eigenvalue weighted by Crippen LogP contribution is 2.29. The lowest BCUT2D eigenvalue weighted by Gasteiger charge is -2.36. The second kappa shape index (κ2) is 4.16. The van der Waals surface area contributed by atoms with E-state index in [4.69, 9.17) is 5.73 Å². The van der Waals surface area contributed by atoms with E-state index in [2.05, 4.69) is 11.9 Å². The van der Waals surface area contributed by atoms with Crippen LogP contribution in [0.5, 0.6) is 0 Å². The van der Waals surface area contributed by atoms with Crippen molar-refractivity contribution in [3.05, 3.63) is 23.8 Å². The lowest BCUT2D eigenvalue weighted by molar-refractivity contribution is 0.101. The summed E-state index contributed by atoms with van der Waals surface area (Å²) < 4.78 is 0. The first kappa shape index (κ1) is 11.0. The van der Waals surface area contributed by atoms with Gasteiger partial charge in [0.2, 0.25) is 0 Å². The summed E-state index contributed by atoms with van der Waals surface area (Å²) in [5.74, 6) is 0.0235. The molecule has 16 heavy (non-hydrogen) atoms. The lowest BCUT2D eigenvalue weighted by atomic mass is 9.91. The van der Waals surface area contributed by atoms with E-state index in [0.717, 1.165) is 5.69 Å². The van der Waals surface area contributed by atoms with Crippen molar-refractivity contribution in [2.24, 2.45) is 0 Å². The van der Waals surface area contributed by atoms with Crippen LogP contribution in [0.1, 0.15) is 36.5 Å². The summed E-state index contributed by atoms with van der Waals surface area (Å²) in [5.41, 5.74) is 8.17. The van der Waals surface area contributed by atoms with Gasteiger partial charge >= 0.3 is 0 Å². The second-order valence-electron chi connectivity index (χ2n) is 4.52. The number of anilines is 2. The summed E-state index contributed by atoms with van der Waals surface area (Å²) in [7, 11) is 2.09. The molecule has 3 nitrogen and oxygen atoms in total. The fraction of sp³-hybridized carbons (Fsp3) is 0.462. The van der Waals surface area contributed by atoms with E-state index in [1.807, 2.05) is 18.2 Å². The summed E-state index contributed by atoms with van der Waals surface area (Å²) in [4.78, 5) is 13.5. The summed E-state index contributed by atoms with van der Waals surface area (Å²) in [6.07, 6.45) is 3.83. The number of nitrogens with zero attached hydrogens (tertiary/aromatic N) is 1. The average Bonchev–Trinajstić information content (AvgIpc) is 2.14. The van der Waals surface area contributed by atoms with Crippen LogP contribution in [-0.2, 0) is 0 Å². The fourth-order valence-corrected chi connectivity index (χ4v) is 2.07. The molecule has 0 heterocycles. The van der Waals surface area contributed by atoms with Crippen molar-refractivity contribution < 1.29 is 4.79 Å². The Morgan fingerprint density at radius 1 is 1.44 bits per heavy atom. The Labute approximate surface area is 96.2 Å². The third-order valence-corrected chi connectivity index (χ3v) is 3.44. The predicted molar refractivity (Wildman–Crippen MR) is 66.9 cm³/mol. The third-order valence-electron chi connectivity index (χ3n) is 3.44. The smallest absolute Gasteiger partial charge is 0.161 e. The molecule has 0 aliphatic heterocycles. The van der Waals surface area contributed by atoms with Gasteiger partial charge in [0, 0.05) is 30.0 Å². The van der Waals surface area contributed by atoms with Crippen LogP contribution < -0.4 is 10.6 Å². The SMILES string of the molecule is CC(=O)c1ccc(N(C)C2CCC2)cc1N. The van der Waals surface area contributed by atoms with Crippen molar-refractivity contribution in [3.63, 3.8) is 0 Å². The highest BCUT2D eigenvalue weighted by atomic mass is 16.1. The minimum atomic E-state index is 0.0235. The number of nitrogens with two attached hydrogens (primary N) is 1. The van der Waals surface area contributed by atoms with Crippen molar-refractivity contribution >= 4 is 17.2 Å². The van der Waals surface area contributed by atoms with Gasteiger partial charge in [-0.15, -0.1) is 0 Å². The molecule has 1 aliphatic carbocycles. The highest BCUT2D eigenvalue weighted by molar-refractivity contribution is 5.99.